The number of aliphatic hydroxyl groups is 1. The normalized spacial score (nSPS) is 18.0. The van der Waals surface area contributed by atoms with Gasteiger partial charge in [-0.2, -0.15) is 0 Å². The van der Waals surface area contributed by atoms with Crippen molar-refractivity contribution in [2.24, 2.45) is 0 Å². The van der Waals surface area contributed by atoms with Crippen LogP contribution in [0, 0.1) is 0 Å². The van der Waals surface area contributed by atoms with Crippen molar-refractivity contribution in [2.75, 3.05) is 6.54 Å². The van der Waals surface area contributed by atoms with Crippen LogP contribution in [0.4, 0.5) is 0 Å². The molecule has 0 spiro atoms. The number of hydrogen-bond acceptors (Lipinski definition) is 4. The van der Waals surface area contributed by atoms with Crippen molar-refractivity contribution in [3.05, 3.63) is 93.4 Å². The molecule has 1 N–H and O–H groups in total. The van der Waals surface area contributed by atoms with E-state index in [9.17, 15) is 14.7 Å². The zero-order chi connectivity index (χ0) is 22.0. The van der Waals surface area contributed by atoms with Crippen molar-refractivity contribution in [2.45, 2.75) is 19.0 Å². The number of carbonyl (C=O) groups excluding carboxylic acids is 2. The first-order chi connectivity index (χ1) is 15.0. The summed E-state index contributed by atoms with van der Waals surface area (Å²) in [6.45, 7) is 1.02. The number of imidazole rings is 1. The van der Waals surface area contributed by atoms with Gasteiger partial charge in [0.1, 0.15) is 5.76 Å². The third kappa shape index (κ3) is 4.43. The maximum absolute atomic E-state index is 13.0. The van der Waals surface area contributed by atoms with Crippen LogP contribution in [0.15, 0.2) is 77.3 Å². The number of likely N-dealkylation sites (tertiary alicyclic amines) is 1. The number of aryl methyl sites for hydroxylation is 1. The molecular formula is C23H19BrClN3O3. The van der Waals surface area contributed by atoms with E-state index in [0.29, 0.717) is 30.1 Å². The highest BCUT2D eigenvalue weighted by Gasteiger charge is 2.45. The van der Waals surface area contributed by atoms with Crippen molar-refractivity contribution in [1.82, 2.24) is 14.5 Å². The smallest absolute Gasteiger partial charge is 0.295 e. The molecular weight excluding hydrogens is 482 g/mol. The highest BCUT2D eigenvalue weighted by atomic mass is 79.9. The summed E-state index contributed by atoms with van der Waals surface area (Å²) < 4.78 is 2.73. The molecule has 0 bridgehead atoms. The second-order valence-electron chi connectivity index (χ2n) is 7.21. The molecule has 1 fully saturated rings. The largest absolute Gasteiger partial charge is 0.507 e. The van der Waals surface area contributed by atoms with E-state index in [-0.39, 0.29) is 11.3 Å². The number of carbonyl (C=O) groups is 2. The molecule has 1 saturated heterocycles. The van der Waals surface area contributed by atoms with Crippen LogP contribution in [0.1, 0.15) is 23.6 Å². The summed E-state index contributed by atoms with van der Waals surface area (Å²) >= 11 is 9.41. The minimum absolute atomic E-state index is 0.0769. The molecule has 1 aliphatic rings. The zero-order valence-electron chi connectivity index (χ0n) is 16.4. The Kier molecular flexibility index (Phi) is 6.25. The summed E-state index contributed by atoms with van der Waals surface area (Å²) in [5.41, 5.74) is 1.25. The Morgan fingerprint density at radius 2 is 1.90 bits per heavy atom. The Labute approximate surface area is 192 Å². The molecule has 6 nitrogen and oxygen atoms in total. The van der Waals surface area contributed by atoms with E-state index in [2.05, 4.69) is 20.9 Å². The Morgan fingerprint density at radius 3 is 2.58 bits per heavy atom. The molecule has 158 valence electrons. The molecule has 4 rings (SSSR count). The van der Waals surface area contributed by atoms with Gasteiger partial charge in [0.05, 0.1) is 17.9 Å². The Bertz CT molecular complexity index is 1140. The first kappa shape index (κ1) is 21.3. The van der Waals surface area contributed by atoms with Crippen LogP contribution in [-0.2, 0) is 16.1 Å². The van der Waals surface area contributed by atoms with Gasteiger partial charge in [0.2, 0.25) is 0 Å². The lowest BCUT2D eigenvalue weighted by atomic mass is 9.95. The molecule has 2 aromatic carbocycles. The molecule has 0 aliphatic carbocycles. The molecule has 1 aliphatic heterocycles. The van der Waals surface area contributed by atoms with Crippen molar-refractivity contribution >= 4 is 45.0 Å². The van der Waals surface area contributed by atoms with E-state index < -0.39 is 17.7 Å². The van der Waals surface area contributed by atoms with Crippen LogP contribution in [0.3, 0.4) is 0 Å². The van der Waals surface area contributed by atoms with Gasteiger partial charge in [0, 0.05) is 40.5 Å². The van der Waals surface area contributed by atoms with Gasteiger partial charge in [-0.25, -0.2) is 4.98 Å². The van der Waals surface area contributed by atoms with Crippen LogP contribution >= 0.6 is 27.5 Å². The molecule has 0 saturated carbocycles. The number of halogens is 2. The summed E-state index contributed by atoms with van der Waals surface area (Å²) in [5.74, 6) is -1.52. The van der Waals surface area contributed by atoms with Gasteiger partial charge < -0.3 is 14.6 Å². The van der Waals surface area contributed by atoms with Crippen LogP contribution in [0.2, 0.25) is 5.02 Å². The third-order valence-electron chi connectivity index (χ3n) is 5.20. The number of rotatable bonds is 6. The van der Waals surface area contributed by atoms with E-state index in [4.69, 9.17) is 11.6 Å². The summed E-state index contributed by atoms with van der Waals surface area (Å²) in [4.78, 5) is 31.5. The van der Waals surface area contributed by atoms with Gasteiger partial charge in [0.15, 0.2) is 0 Å². The maximum atomic E-state index is 13.0. The number of aromatic nitrogens is 2. The molecule has 0 radical (unpaired) electrons. The van der Waals surface area contributed by atoms with E-state index in [1.165, 1.54) is 4.90 Å². The zero-order valence-corrected chi connectivity index (χ0v) is 18.8. The number of ketones is 1. The van der Waals surface area contributed by atoms with Gasteiger partial charge >= 0.3 is 0 Å². The average molecular weight is 501 g/mol. The topological polar surface area (TPSA) is 75.4 Å². The first-order valence-corrected chi connectivity index (χ1v) is 10.9. The van der Waals surface area contributed by atoms with Crippen molar-refractivity contribution < 1.29 is 14.7 Å². The number of aliphatic hydroxyl groups excluding tert-OH is 1. The predicted octanol–water partition coefficient (Wildman–Crippen LogP) is 4.81. The lowest BCUT2D eigenvalue weighted by Gasteiger charge is -2.25. The van der Waals surface area contributed by atoms with E-state index in [1.807, 2.05) is 35.0 Å². The fourth-order valence-electron chi connectivity index (χ4n) is 3.74. The van der Waals surface area contributed by atoms with Gasteiger partial charge in [-0.05, 0) is 48.4 Å². The Morgan fingerprint density at radius 1 is 1.13 bits per heavy atom. The minimum atomic E-state index is -0.694. The molecule has 1 aromatic heterocycles. The summed E-state index contributed by atoms with van der Waals surface area (Å²) in [6, 6.07) is 13.2. The number of Topliss-reactive ketones (excluding diaryl/α,β-unsaturated/α-hetero) is 1. The highest BCUT2D eigenvalue weighted by molar-refractivity contribution is 9.10. The van der Waals surface area contributed by atoms with Gasteiger partial charge in [-0.15, -0.1) is 0 Å². The van der Waals surface area contributed by atoms with Gasteiger partial charge in [0.25, 0.3) is 11.7 Å². The standard InChI is InChI=1S/C23H19BrClN3O3/c24-17-4-1-3-16(13-17)20-19(21(29)15-5-7-18(25)8-6-15)22(30)23(31)28(20)11-2-10-27-12-9-26-14-27/h1,3-9,12-14,20,29H,2,10-11H2. The van der Waals surface area contributed by atoms with E-state index >= 15 is 0 Å². The molecule has 1 unspecified atom stereocenters. The predicted molar refractivity (Wildman–Crippen MR) is 121 cm³/mol. The van der Waals surface area contributed by atoms with Crippen LogP contribution < -0.4 is 0 Å². The lowest BCUT2D eigenvalue weighted by molar-refractivity contribution is -0.139. The van der Waals surface area contributed by atoms with Crippen LogP contribution in [0.5, 0.6) is 0 Å². The maximum Gasteiger partial charge on any atom is 0.295 e. The number of amides is 1. The Balaban J connectivity index is 1.73. The molecule has 8 heteroatoms. The fraction of sp³-hybridized carbons (Fsp3) is 0.174. The SMILES string of the molecule is O=C1C(=O)N(CCCn2ccnc2)C(c2cccc(Br)c2)C1=C(O)c1ccc(Cl)cc1. The van der Waals surface area contributed by atoms with Crippen LogP contribution in [0.25, 0.3) is 5.76 Å². The summed E-state index contributed by atoms with van der Waals surface area (Å²) in [6.07, 6.45) is 5.88. The average Bonchev–Trinajstić information content (AvgIpc) is 3.36. The second-order valence-corrected chi connectivity index (χ2v) is 8.56. The highest BCUT2D eigenvalue weighted by Crippen LogP contribution is 2.40. The first-order valence-electron chi connectivity index (χ1n) is 9.71. The number of nitrogens with zero attached hydrogens (tertiary/aromatic N) is 3. The third-order valence-corrected chi connectivity index (χ3v) is 5.94. The van der Waals surface area contributed by atoms with E-state index in [1.54, 1.807) is 36.8 Å². The van der Waals surface area contributed by atoms with E-state index in [0.717, 1.165) is 10.0 Å². The van der Waals surface area contributed by atoms with Crippen molar-refractivity contribution in [3.8, 4) is 0 Å². The molecule has 1 amide bonds. The fourth-order valence-corrected chi connectivity index (χ4v) is 4.28. The molecule has 31 heavy (non-hydrogen) atoms. The van der Waals surface area contributed by atoms with Gasteiger partial charge in [-0.3, -0.25) is 9.59 Å². The molecule has 3 aromatic rings. The van der Waals surface area contributed by atoms with Crippen LogP contribution in [-0.4, -0.2) is 37.8 Å². The van der Waals surface area contributed by atoms with Crippen molar-refractivity contribution in [3.63, 3.8) is 0 Å². The summed E-state index contributed by atoms with van der Waals surface area (Å²) in [7, 11) is 0. The molecule has 2 heterocycles. The number of hydrogen-bond donors (Lipinski definition) is 1. The Hall–Kier alpha value is -2.90. The number of benzene rings is 2. The van der Waals surface area contributed by atoms with Gasteiger partial charge in [-0.1, -0.05) is 39.7 Å². The quantitative estimate of drug-likeness (QED) is 0.299. The minimum Gasteiger partial charge on any atom is -0.507 e. The van der Waals surface area contributed by atoms with Crippen molar-refractivity contribution in [1.29, 1.82) is 0 Å². The summed E-state index contributed by atoms with van der Waals surface area (Å²) in [5, 5.41) is 11.5. The monoisotopic (exact) mass is 499 g/mol. The second kappa shape index (κ2) is 9.08. The molecule has 1 atom stereocenters. The lowest BCUT2D eigenvalue weighted by Crippen LogP contribution is -2.31.